The Balaban J connectivity index is 2.23. The van der Waals surface area contributed by atoms with Gasteiger partial charge < -0.3 is 20.7 Å². The van der Waals surface area contributed by atoms with E-state index in [1.807, 2.05) is 0 Å². The maximum atomic E-state index is 11.5. The number of aliphatic hydroxyl groups excluding tert-OH is 2. The van der Waals surface area contributed by atoms with Gasteiger partial charge in [-0.2, -0.15) is 9.55 Å². The van der Waals surface area contributed by atoms with Gasteiger partial charge in [0, 0.05) is 6.42 Å². The van der Waals surface area contributed by atoms with E-state index in [0.29, 0.717) is 0 Å². The van der Waals surface area contributed by atoms with Gasteiger partial charge in [0.2, 0.25) is 6.33 Å². The van der Waals surface area contributed by atoms with Crippen LogP contribution in [-0.2, 0) is 4.74 Å². The molecule has 8 nitrogen and oxygen atoms in total. The van der Waals surface area contributed by atoms with Crippen LogP contribution in [0.4, 0.5) is 5.95 Å². The molecular weight excluding hydrogens is 216 g/mol. The molecule has 2 heterocycles. The molecule has 5 N–H and O–H groups in total. The average Bonchev–Trinajstić information content (AvgIpc) is 2.59. The van der Waals surface area contributed by atoms with E-state index in [1.165, 1.54) is 10.9 Å². The molecule has 0 saturated carbocycles. The van der Waals surface area contributed by atoms with Gasteiger partial charge in [-0.25, -0.2) is 4.79 Å². The molecule has 1 saturated heterocycles. The van der Waals surface area contributed by atoms with Crippen LogP contribution in [0.15, 0.2) is 11.1 Å². The molecule has 16 heavy (non-hydrogen) atoms. The van der Waals surface area contributed by atoms with Crippen LogP contribution in [0.25, 0.3) is 0 Å². The standard InChI is InChI=1S/C8H12N4O4/c9-7-10-3-12(8(15)11-7)6-1-4(14)5(2-13)16-6/h3-6,13-14H,1-2H2,(H2,9,11,15)/p+1/t4-,5+,6-/m0/s1. The predicted molar refractivity (Wildman–Crippen MR) is 51.1 cm³/mol. The summed E-state index contributed by atoms with van der Waals surface area (Å²) in [5.74, 6) is 0.0125. The maximum absolute atomic E-state index is 11.5. The van der Waals surface area contributed by atoms with Gasteiger partial charge in [-0.1, -0.05) is 4.98 Å². The van der Waals surface area contributed by atoms with Gasteiger partial charge in [0.15, 0.2) is 6.23 Å². The van der Waals surface area contributed by atoms with Crippen LogP contribution in [0.1, 0.15) is 12.6 Å². The van der Waals surface area contributed by atoms with Crippen molar-refractivity contribution in [3.63, 3.8) is 0 Å². The number of hydrogen-bond donors (Lipinski definition) is 4. The fourth-order valence-corrected chi connectivity index (χ4v) is 1.64. The number of nitrogen functional groups attached to an aromatic ring is 1. The van der Waals surface area contributed by atoms with E-state index in [1.54, 1.807) is 0 Å². The fraction of sp³-hybridized carbons (Fsp3) is 0.625. The van der Waals surface area contributed by atoms with Gasteiger partial charge in [0.05, 0.1) is 12.7 Å². The van der Waals surface area contributed by atoms with Crippen LogP contribution in [0.5, 0.6) is 0 Å². The van der Waals surface area contributed by atoms with Crippen molar-refractivity contribution < 1.29 is 19.5 Å². The lowest BCUT2D eigenvalue weighted by Gasteiger charge is -2.09. The minimum Gasteiger partial charge on any atom is -0.394 e. The third kappa shape index (κ3) is 1.90. The number of nitrogens with one attached hydrogen (secondary N) is 1. The Hall–Kier alpha value is -1.51. The molecule has 2 rings (SSSR count). The molecule has 0 unspecified atom stereocenters. The highest BCUT2D eigenvalue weighted by Gasteiger charge is 2.37. The lowest BCUT2D eigenvalue weighted by molar-refractivity contribution is -0.776. The molecule has 1 aromatic heterocycles. The first-order chi connectivity index (χ1) is 7.61. The topological polar surface area (TPSA) is 125 Å². The van der Waals surface area contributed by atoms with Gasteiger partial charge >= 0.3 is 11.6 Å². The van der Waals surface area contributed by atoms with E-state index in [-0.39, 0.29) is 19.0 Å². The summed E-state index contributed by atoms with van der Waals surface area (Å²) in [4.78, 5) is 17.5. The third-order valence-corrected chi connectivity index (χ3v) is 2.49. The Kier molecular flexibility index (Phi) is 2.86. The summed E-state index contributed by atoms with van der Waals surface area (Å²) in [6, 6.07) is 0. The van der Waals surface area contributed by atoms with E-state index >= 15 is 0 Å². The number of nitrogens with zero attached hydrogens (tertiary/aromatic N) is 2. The minimum atomic E-state index is -0.792. The molecule has 0 aliphatic carbocycles. The first kappa shape index (κ1) is 11.0. The first-order valence-electron chi connectivity index (χ1n) is 4.82. The Morgan fingerprint density at radius 2 is 2.50 bits per heavy atom. The van der Waals surface area contributed by atoms with Gasteiger partial charge in [-0.3, -0.25) is 0 Å². The van der Waals surface area contributed by atoms with Crippen molar-refractivity contribution in [1.82, 2.24) is 9.97 Å². The second-order valence-corrected chi connectivity index (χ2v) is 3.58. The van der Waals surface area contributed by atoms with E-state index in [0.717, 1.165) is 0 Å². The minimum absolute atomic E-state index is 0.0125. The number of aromatic amines is 1. The maximum Gasteiger partial charge on any atom is 0.446 e. The Labute approximate surface area is 90.3 Å². The smallest absolute Gasteiger partial charge is 0.394 e. The zero-order valence-corrected chi connectivity index (χ0v) is 8.41. The average molecular weight is 229 g/mol. The van der Waals surface area contributed by atoms with Crippen LogP contribution in [0.3, 0.4) is 0 Å². The lowest BCUT2D eigenvalue weighted by Crippen LogP contribution is -2.55. The van der Waals surface area contributed by atoms with Crippen LogP contribution in [0.2, 0.25) is 0 Å². The Bertz CT molecular complexity index is 434. The highest BCUT2D eigenvalue weighted by Crippen LogP contribution is 2.23. The Morgan fingerprint density at radius 3 is 3.06 bits per heavy atom. The van der Waals surface area contributed by atoms with Crippen LogP contribution < -0.4 is 16.0 Å². The molecule has 0 spiro atoms. The molecule has 1 fully saturated rings. The van der Waals surface area contributed by atoms with Crippen molar-refractivity contribution in [1.29, 1.82) is 0 Å². The van der Waals surface area contributed by atoms with Gasteiger partial charge in [-0.15, -0.1) is 0 Å². The highest BCUT2D eigenvalue weighted by molar-refractivity contribution is 5.07. The molecule has 1 aliphatic rings. The third-order valence-electron chi connectivity index (χ3n) is 2.49. The van der Waals surface area contributed by atoms with E-state index < -0.39 is 24.1 Å². The van der Waals surface area contributed by atoms with E-state index in [4.69, 9.17) is 15.6 Å². The molecule has 0 amide bonds. The summed E-state index contributed by atoms with van der Waals surface area (Å²) in [6.07, 6.45) is -0.631. The molecule has 1 aliphatic heterocycles. The SMILES string of the molecule is Nc1nc[n+]([C@@H]2C[C@H](O)[C@@H](CO)O2)c(=O)[nH]1. The quantitative estimate of drug-likeness (QED) is 0.408. The summed E-state index contributed by atoms with van der Waals surface area (Å²) >= 11 is 0. The van der Waals surface area contributed by atoms with Gasteiger partial charge in [-0.05, 0) is 0 Å². The molecule has 0 radical (unpaired) electrons. The van der Waals surface area contributed by atoms with E-state index in [9.17, 15) is 9.90 Å². The van der Waals surface area contributed by atoms with Crippen LogP contribution >= 0.6 is 0 Å². The van der Waals surface area contributed by atoms with Crippen molar-refractivity contribution >= 4 is 5.95 Å². The highest BCUT2D eigenvalue weighted by atomic mass is 16.5. The van der Waals surface area contributed by atoms with Crippen molar-refractivity contribution in [2.75, 3.05) is 12.3 Å². The zero-order chi connectivity index (χ0) is 11.7. The summed E-state index contributed by atoms with van der Waals surface area (Å²) in [6.45, 7) is -0.293. The summed E-state index contributed by atoms with van der Waals surface area (Å²) in [5, 5.41) is 18.4. The molecule has 1 aromatic rings. The molecule has 8 heteroatoms. The lowest BCUT2D eigenvalue weighted by atomic mass is 10.2. The number of rotatable bonds is 2. The van der Waals surface area contributed by atoms with Crippen molar-refractivity contribution in [3.05, 3.63) is 16.8 Å². The molecule has 0 bridgehead atoms. The van der Waals surface area contributed by atoms with Crippen molar-refractivity contribution in [3.8, 4) is 0 Å². The Morgan fingerprint density at radius 1 is 1.75 bits per heavy atom. The molecule has 3 atom stereocenters. The largest absolute Gasteiger partial charge is 0.446 e. The number of hydrogen-bond acceptors (Lipinski definition) is 6. The number of anilines is 1. The number of aliphatic hydroxyl groups is 2. The predicted octanol–water partition coefficient (Wildman–Crippen LogP) is -2.72. The van der Waals surface area contributed by atoms with E-state index in [2.05, 4.69) is 9.97 Å². The van der Waals surface area contributed by atoms with Crippen LogP contribution in [0, 0.1) is 0 Å². The van der Waals surface area contributed by atoms with Crippen molar-refractivity contribution in [2.24, 2.45) is 0 Å². The monoisotopic (exact) mass is 229 g/mol. The number of H-pyrrole nitrogens is 1. The second kappa shape index (κ2) is 4.16. The normalized spacial score (nSPS) is 29.5. The fourth-order valence-electron chi connectivity index (χ4n) is 1.64. The number of nitrogens with two attached hydrogens (primary N) is 1. The zero-order valence-electron chi connectivity index (χ0n) is 8.41. The summed E-state index contributed by atoms with van der Waals surface area (Å²) in [5.41, 5.74) is 4.83. The summed E-state index contributed by atoms with van der Waals surface area (Å²) < 4.78 is 6.48. The van der Waals surface area contributed by atoms with Crippen molar-refractivity contribution in [2.45, 2.75) is 24.9 Å². The van der Waals surface area contributed by atoms with Gasteiger partial charge in [0.25, 0.3) is 0 Å². The molecule has 88 valence electrons. The summed E-state index contributed by atoms with van der Waals surface area (Å²) in [7, 11) is 0. The number of aromatic nitrogens is 3. The van der Waals surface area contributed by atoms with Gasteiger partial charge in [0.1, 0.15) is 6.10 Å². The van der Waals surface area contributed by atoms with Crippen LogP contribution in [-0.4, -0.2) is 39.0 Å². The number of ether oxygens (including phenoxy) is 1. The molecular formula is C8H13N4O4+. The first-order valence-corrected chi connectivity index (χ1v) is 4.82. The second-order valence-electron chi connectivity index (χ2n) is 3.58. The molecule has 0 aromatic carbocycles.